The quantitative estimate of drug-likeness (QED) is 0.831. The molecule has 1 aromatic carbocycles. The van der Waals surface area contributed by atoms with E-state index in [4.69, 9.17) is 10.5 Å². The largest absolute Gasteiger partial charge is 0.397 e. The van der Waals surface area contributed by atoms with Crippen LogP contribution >= 0.6 is 0 Å². The van der Waals surface area contributed by atoms with Crippen LogP contribution in [0.2, 0.25) is 0 Å². The highest BCUT2D eigenvalue weighted by atomic mass is 16.5. The summed E-state index contributed by atoms with van der Waals surface area (Å²) in [5.41, 5.74) is 8.23. The van der Waals surface area contributed by atoms with E-state index in [9.17, 15) is 4.79 Å². The highest BCUT2D eigenvalue weighted by Crippen LogP contribution is 2.40. The van der Waals surface area contributed by atoms with Crippen LogP contribution in [0.25, 0.3) is 0 Å². The van der Waals surface area contributed by atoms with Gasteiger partial charge in [-0.25, -0.2) is 0 Å². The van der Waals surface area contributed by atoms with Crippen LogP contribution in [0.3, 0.4) is 0 Å². The van der Waals surface area contributed by atoms with E-state index in [0.29, 0.717) is 29.3 Å². The van der Waals surface area contributed by atoms with Crippen molar-refractivity contribution < 1.29 is 9.53 Å². The van der Waals surface area contributed by atoms with Crippen LogP contribution in [0.15, 0.2) is 18.2 Å². The van der Waals surface area contributed by atoms with Gasteiger partial charge in [-0.1, -0.05) is 0 Å². The van der Waals surface area contributed by atoms with Crippen LogP contribution < -0.4 is 11.1 Å². The summed E-state index contributed by atoms with van der Waals surface area (Å²) < 4.78 is 5.83. The van der Waals surface area contributed by atoms with Gasteiger partial charge in [0, 0.05) is 26.3 Å². The Balaban J connectivity index is 1.72. The lowest BCUT2D eigenvalue weighted by molar-refractivity contribution is 0.0827. The maximum absolute atomic E-state index is 11.9. The first-order valence-corrected chi connectivity index (χ1v) is 7.55. The molecular weight excluding hydrogens is 266 g/mol. The van der Waals surface area contributed by atoms with Gasteiger partial charge >= 0.3 is 0 Å². The number of benzene rings is 1. The lowest BCUT2D eigenvalue weighted by Gasteiger charge is -2.22. The van der Waals surface area contributed by atoms with Gasteiger partial charge in [-0.2, -0.15) is 0 Å². The molecule has 0 bridgehead atoms. The molecule has 0 radical (unpaired) electrons. The zero-order valence-corrected chi connectivity index (χ0v) is 12.6. The summed E-state index contributed by atoms with van der Waals surface area (Å²) in [6.07, 6.45) is 3.87. The number of anilines is 2. The highest BCUT2D eigenvalue weighted by molar-refractivity contribution is 5.95. The maximum atomic E-state index is 11.9. The number of amides is 1. The van der Waals surface area contributed by atoms with Gasteiger partial charge in [-0.05, 0) is 43.4 Å². The molecule has 0 spiro atoms. The smallest absolute Gasteiger partial charge is 0.253 e. The molecule has 2 atom stereocenters. The van der Waals surface area contributed by atoms with Crippen molar-refractivity contribution in [3.05, 3.63) is 23.8 Å². The minimum absolute atomic E-state index is 0.0340. The molecule has 3 rings (SSSR count). The van der Waals surface area contributed by atoms with Crippen LogP contribution in [-0.4, -0.2) is 43.7 Å². The van der Waals surface area contributed by atoms with Gasteiger partial charge in [0.2, 0.25) is 0 Å². The van der Waals surface area contributed by atoms with E-state index in [0.717, 1.165) is 18.7 Å². The van der Waals surface area contributed by atoms with Gasteiger partial charge in [-0.15, -0.1) is 0 Å². The van der Waals surface area contributed by atoms with E-state index in [1.807, 2.05) is 12.1 Å². The second-order valence-corrected chi connectivity index (χ2v) is 6.21. The fourth-order valence-electron chi connectivity index (χ4n) is 2.94. The van der Waals surface area contributed by atoms with Gasteiger partial charge in [0.25, 0.3) is 5.91 Å². The SMILES string of the molecule is CN(C)C(=O)c1ccc(NC2CCOC2C2CC2)c(N)c1. The Bertz CT molecular complexity index is 540. The summed E-state index contributed by atoms with van der Waals surface area (Å²) in [7, 11) is 3.47. The minimum Gasteiger partial charge on any atom is -0.397 e. The maximum Gasteiger partial charge on any atom is 0.253 e. The number of carbonyl (C=O) groups excluding carboxylic acids is 1. The number of hydrogen-bond donors (Lipinski definition) is 2. The Hall–Kier alpha value is -1.75. The van der Waals surface area contributed by atoms with E-state index >= 15 is 0 Å². The van der Waals surface area contributed by atoms with Crippen LogP contribution in [0, 0.1) is 5.92 Å². The fraction of sp³-hybridized carbons (Fsp3) is 0.562. The minimum atomic E-state index is -0.0340. The van der Waals surface area contributed by atoms with Crippen LogP contribution in [0.4, 0.5) is 11.4 Å². The lowest BCUT2D eigenvalue weighted by atomic mass is 10.0. The highest BCUT2D eigenvalue weighted by Gasteiger charge is 2.40. The third-order valence-corrected chi connectivity index (χ3v) is 4.27. The molecule has 1 aromatic rings. The Labute approximate surface area is 125 Å². The standard InChI is InChI=1S/C16H23N3O2/c1-19(2)16(20)11-5-6-13(12(17)9-11)18-14-7-8-21-15(14)10-3-4-10/h5-6,9-10,14-15,18H,3-4,7-8,17H2,1-2H3. The van der Waals surface area contributed by atoms with Crippen molar-refractivity contribution in [1.82, 2.24) is 4.90 Å². The van der Waals surface area contributed by atoms with Gasteiger partial charge in [0.15, 0.2) is 0 Å². The summed E-state index contributed by atoms with van der Waals surface area (Å²) in [4.78, 5) is 13.5. The van der Waals surface area contributed by atoms with Gasteiger partial charge < -0.3 is 20.7 Å². The molecule has 1 saturated carbocycles. The Morgan fingerprint density at radius 3 is 2.71 bits per heavy atom. The van der Waals surface area contributed by atoms with Crippen molar-refractivity contribution in [3.63, 3.8) is 0 Å². The number of nitrogen functional groups attached to an aromatic ring is 1. The summed E-state index contributed by atoms with van der Waals surface area (Å²) in [6, 6.07) is 5.79. The number of nitrogens with one attached hydrogen (secondary N) is 1. The molecule has 2 aliphatic rings. The summed E-state index contributed by atoms with van der Waals surface area (Å²) in [5.74, 6) is 0.675. The van der Waals surface area contributed by atoms with Crippen molar-refractivity contribution in [1.29, 1.82) is 0 Å². The fourth-order valence-corrected chi connectivity index (χ4v) is 2.94. The number of ether oxygens (including phenoxy) is 1. The number of carbonyl (C=O) groups is 1. The molecular formula is C16H23N3O2. The molecule has 21 heavy (non-hydrogen) atoms. The lowest BCUT2D eigenvalue weighted by Crippen LogP contribution is -2.31. The molecule has 2 unspecified atom stereocenters. The molecule has 0 aromatic heterocycles. The molecule has 1 heterocycles. The summed E-state index contributed by atoms with van der Waals surface area (Å²) in [6.45, 7) is 0.815. The number of nitrogens with zero attached hydrogens (tertiary/aromatic N) is 1. The molecule has 3 N–H and O–H groups in total. The van der Waals surface area contributed by atoms with E-state index in [1.54, 1.807) is 25.1 Å². The van der Waals surface area contributed by atoms with E-state index < -0.39 is 0 Å². The van der Waals surface area contributed by atoms with Crippen LogP contribution in [-0.2, 0) is 4.74 Å². The molecule has 2 fully saturated rings. The zero-order valence-electron chi connectivity index (χ0n) is 12.6. The van der Waals surface area contributed by atoms with Crippen molar-refractivity contribution >= 4 is 17.3 Å². The third-order valence-electron chi connectivity index (χ3n) is 4.27. The predicted molar refractivity (Wildman–Crippen MR) is 83.4 cm³/mol. The third kappa shape index (κ3) is 2.97. The van der Waals surface area contributed by atoms with Gasteiger partial charge in [-0.3, -0.25) is 4.79 Å². The molecule has 1 saturated heterocycles. The topological polar surface area (TPSA) is 67.6 Å². The van der Waals surface area contributed by atoms with Crippen LogP contribution in [0.1, 0.15) is 29.6 Å². The van der Waals surface area contributed by atoms with Gasteiger partial charge in [0.1, 0.15) is 0 Å². The number of nitrogens with two attached hydrogens (primary N) is 1. The first kappa shape index (κ1) is 14.2. The molecule has 5 heteroatoms. The number of rotatable bonds is 4. The first-order valence-electron chi connectivity index (χ1n) is 7.55. The van der Waals surface area contributed by atoms with Crippen molar-refractivity contribution in [3.8, 4) is 0 Å². The van der Waals surface area contributed by atoms with Crippen LogP contribution in [0.5, 0.6) is 0 Å². The second kappa shape index (κ2) is 5.56. The van der Waals surface area contributed by atoms with E-state index in [2.05, 4.69) is 5.32 Å². The Kier molecular flexibility index (Phi) is 3.76. The number of hydrogen-bond acceptors (Lipinski definition) is 4. The molecule has 1 amide bonds. The molecule has 114 valence electrons. The summed E-state index contributed by atoms with van der Waals surface area (Å²) >= 11 is 0. The van der Waals surface area contributed by atoms with Crippen molar-refractivity contribution in [2.45, 2.75) is 31.4 Å². The van der Waals surface area contributed by atoms with E-state index in [-0.39, 0.29) is 5.91 Å². The molecule has 1 aliphatic carbocycles. The zero-order chi connectivity index (χ0) is 15.0. The van der Waals surface area contributed by atoms with Gasteiger partial charge in [0.05, 0.1) is 23.5 Å². The van der Waals surface area contributed by atoms with E-state index in [1.165, 1.54) is 12.8 Å². The van der Waals surface area contributed by atoms with Crippen molar-refractivity contribution in [2.24, 2.45) is 5.92 Å². The summed E-state index contributed by atoms with van der Waals surface area (Å²) in [5, 5.41) is 3.50. The average Bonchev–Trinajstić information content (AvgIpc) is 3.20. The Morgan fingerprint density at radius 2 is 2.10 bits per heavy atom. The normalized spacial score (nSPS) is 24.9. The molecule has 5 nitrogen and oxygen atoms in total. The molecule has 1 aliphatic heterocycles. The van der Waals surface area contributed by atoms with Crippen molar-refractivity contribution in [2.75, 3.05) is 31.8 Å². The second-order valence-electron chi connectivity index (χ2n) is 6.21. The predicted octanol–water partition coefficient (Wildman–Crippen LogP) is 1.95. The monoisotopic (exact) mass is 289 g/mol. The Morgan fingerprint density at radius 1 is 1.33 bits per heavy atom. The first-order chi connectivity index (χ1) is 10.1. The average molecular weight is 289 g/mol.